The van der Waals surface area contributed by atoms with E-state index in [1.807, 2.05) is 6.92 Å². The van der Waals surface area contributed by atoms with Gasteiger partial charge in [-0.15, -0.1) is 6.42 Å². The number of benzene rings is 1. The molecule has 2 rings (SSSR count). The van der Waals surface area contributed by atoms with Crippen LogP contribution in [0.1, 0.15) is 25.3 Å². The van der Waals surface area contributed by atoms with Crippen molar-refractivity contribution in [2.45, 2.75) is 19.8 Å². The number of imide groups is 1. The van der Waals surface area contributed by atoms with Crippen molar-refractivity contribution in [3.8, 4) is 23.8 Å². The highest BCUT2D eigenvalue weighted by atomic mass is 79.9. The van der Waals surface area contributed by atoms with Crippen molar-refractivity contribution in [1.82, 2.24) is 4.90 Å². The van der Waals surface area contributed by atoms with Crippen LogP contribution in [0, 0.1) is 12.3 Å². The molecule has 0 unspecified atom stereocenters. The maximum absolute atomic E-state index is 12.6. The van der Waals surface area contributed by atoms with Crippen molar-refractivity contribution in [3.05, 3.63) is 27.1 Å². The zero-order valence-corrected chi connectivity index (χ0v) is 18.4. The van der Waals surface area contributed by atoms with Crippen molar-refractivity contribution in [2.24, 2.45) is 0 Å². The molecule has 0 aliphatic carbocycles. The Kier molecular flexibility index (Phi) is 8.61. The molecule has 1 saturated heterocycles. The van der Waals surface area contributed by atoms with Gasteiger partial charge in [-0.2, -0.15) is 0 Å². The molecule has 0 atom stereocenters. The van der Waals surface area contributed by atoms with Gasteiger partial charge >= 0.3 is 5.97 Å². The summed E-state index contributed by atoms with van der Waals surface area (Å²) >= 11 is 4.15. The lowest BCUT2D eigenvalue weighted by atomic mass is 10.2. The molecule has 2 amide bonds. The fourth-order valence-corrected chi connectivity index (χ4v) is 3.78. The number of unbranched alkanes of at least 4 members (excludes halogenated alkanes) is 1. The molecule has 1 aromatic carbocycles. The highest BCUT2D eigenvalue weighted by molar-refractivity contribution is 9.10. The molecule has 1 fully saturated rings. The Morgan fingerprint density at radius 2 is 2.14 bits per heavy atom. The van der Waals surface area contributed by atoms with Gasteiger partial charge in [0.1, 0.15) is 13.2 Å². The summed E-state index contributed by atoms with van der Waals surface area (Å²) in [6.45, 7) is 1.90. The monoisotopic (exact) mass is 481 g/mol. The first kappa shape index (κ1) is 22.8. The highest BCUT2D eigenvalue weighted by Crippen LogP contribution is 2.39. The van der Waals surface area contributed by atoms with E-state index in [1.54, 1.807) is 18.2 Å². The van der Waals surface area contributed by atoms with E-state index < -0.39 is 23.7 Å². The minimum absolute atomic E-state index is 0.0710. The van der Waals surface area contributed by atoms with Gasteiger partial charge in [0.15, 0.2) is 11.5 Å². The zero-order chi connectivity index (χ0) is 21.4. The number of carbonyl (C=O) groups excluding carboxylic acids is 3. The molecule has 29 heavy (non-hydrogen) atoms. The SMILES string of the molecule is C#CCOc1c(Br)cc(/C=C2\SC(=O)N(CC(=O)OCCCC)C2=O)cc1OC. The smallest absolute Gasteiger partial charge is 0.326 e. The summed E-state index contributed by atoms with van der Waals surface area (Å²) in [5, 5.41) is -0.520. The first-order valence-electron chi connectivity index (χ1n) is 8.76. The average Bonchev–Trinajstić information content (AvgIpc) is 2.94. The Morgan fingerprint density at radius 3 is 2.79 bits per heavy atom. The predicted octanol–water partition coefficient (Wildman–Crippen LogP) is 3.85. The second-order valence-corrected chi connectivity index (χ2v) is 7.72. The van der Waals surface area contributed by atoms with Crippen LogP contribution >= 0.6 is 27.7 Å². The van der Waals surface area contributed by atoms with Gasteiger partial charge in [0.05, 0.1) is 23.1 Å². The zero-order valence-electron chi connectivity index (χ0n) is 16.0. The van der Waals surface area contributed by atoms with Crippen molar-refractivity contribution >= 4 is 50.9 Å². The lowest BCUT2D eigenvalue weighted by Gasteiger charge is -2.12. The van der Waals surface area contributed by atoms with Crippen LogP contribution in [0.3, 0.4) is 0 Å². The van der Waals surface area contributed by atoms with Gasteiger partial charge in [0, 0.05) is 0 Å². The van der Waals surface area contributed by atoms with E-state index in [2.05, 4.69) is 21.9 Å². The van der Waals surface area contributed by atoms with Crippen LogP contribution in [0.4, 0.5) is 4.79 Å². The molecule has 1 aromatic rings. The van der Waals surface area contributed by atoms with E-state index in [4.69, 9.17) is 20.6 Å². The van der Waals surface area contributed by atoms with Crippen LogP contribution in [0.25, 0.3) is 6.08 Å². The van der Waals surface area contributed by atoms with E-state index >= 15 is 0 Å². The van der Waals surface area contributed by atoms with E-state index in [-0.39, 0.29) is 18.1 Å². The number of thioether (sulfide) groups is 1. The number of halogens is 1. The molecule has 154 valence electrons. The van der Waals surface area contributed by atoms with Gasteiger partial charge in [-0.1, -0.05) is 19.3 Å². The van der Waals surface area contributed by atoms with Crippen molar-refractivity contribution in [3.63, 3.8) is 0 Å². The van der Waals surface area contributed by atoms with Crippen LogP contribution < -0.4 is 9.47 Å². The second-order valence-electron chi connectivity index (χ2n) is 5.87. The quantitative estimate of drug-likeness (QED) is 0.229. The molecule has 0 aromatic heterocycles. The number of amides is 2. The van der Waals surface area contributed by atoms with Crippen molar-refractivity contribution < 1.29 is 28.6 Å². The Labute approximate surface area is 181 Å². The first-order chi connectivity index (χ1) is 13.9. The third-order valence-electron chi connectivity index (χ3n) is 3.77. The Bertz CT molecular complexity index is 876. The van der Waals surface area contributed by atoms with Crippen molar-refractivity contribution in [1.29, 1.82) is 0 Å². The van der Waals surface area contributed by atoms with Crippen LogP contribution in [-0.2, 0) is 14.3 Å². The standard InChI is InChI=1S/C20H20BrNO6S/c1-4-6-8-27-17(23)12-22-19(24)16(29-20(22)25)11-13-9-14(21)18(28-7-5-2)15(10-13)26-3/h2,9-11H,4,6-8,12H2,1,3H3/b16-11-. The number of hydrogen-bond acceptors (Lipinski definition) is 7. The van der Waals surface area contributed by atoms with Crippen LogP contribution in [0.2, 0.25) is 0 Å². The first-order valence-corrected chi connectivity index (χ1v) is 10.4. The molecular weight excluding hydrogens is 462 g/mol. The van der Waals surface area contributed by atoms with E-state index in [1.165, 1.54) is 7.11 Å². The van der Waals surface area contributed by atoms with Crippen LogP contribution in [0.15, 0.2) is 21.5 Å². The molecular formula is C20H20BrNO6S. The Hall–Kier alpha value is -2.44. The summed E-state index contributed by atoms with van der Waals surface area (Å²) in [6.07, 6.45) is 8.37. The molecule has 0 N–H and O–H groups in total. The van der Waals surface area contributed by atoms with Gasteiger partial charge in [-0.05, 0) is 57.9 Å². The van der Waals surface area contributed by atoms with E-state index in [0.717, 1.165) is 29.5 Å². The van der Waals surface area contributed by atoms with Crippen molar-refractivity contribution in [2.75, 3.05) is 26.9 Å². The summed E-state index contributed by atoms with van der Waals surface area (Å²) in [7, 11) is 1.48. The van der Waals surface area contributed by atoms with E-state index in [0.29, 0.717) is 21.5 Å². The number of methoxy groups -OCH3 is 1. The molecule has 0 saturated carbocycles. The molecule has 7 nitrogen and oxygen atoms in total. The Morgan fingerprint density at radius 1 is 1.38 bits per heavy atom. The topological polar surface area (TPSA) is 82.1 Å². The lowest BCUT2D eigenvalue weighted by molar-refractivity contribution is -0.146. The maximum Gasteiger partial charge on any atom is 0.326 e. The molecule has 0 bridgehead atoms. The van der Waals surface area contributed by atoms with Crippen LogP contribution in [0.5, 0.6) is 11.5 Å². The Balaban J connectivity index is 2.17. The molecule has 1 aliphatic heterocycles. The fourth-order valence-electron chi connectivity index (χ4n) is 2.37. The minimum Gasteiger partial charge on any atom is -0.493 e. The number of rotatable bonds is 9. The van der Waals surface area contributed by atoms with Gasteiger partial charge in [-0.3, -0.25) is 19.3 Å². The van der Waals surface area contributed by atoms with Gasteiger partial charge in [0.2, 0.25) is 0 Å². The number of ether oxygens (including phenoxy) is 3. The predicted molar refractivity (Wildman–Crippen MR) is 114 cm³/mol. The van der Waals surface area contributed by atoms with Gasteiger partial charge < -0.3 is 14.2 Å². The largest absolute Gasteiger partial charge is 0.493 e. The third-order valence-corrected chi connectivity index (χ3v) is 5.27. The summed E-state index contributed by atoms with van der Waals surface area (Å²) in [6, 6.07) is 3.37. The number of carbonyl (C=O) groups is 3. The summed E-state index contributed by atoms with van der Waals surface area (Å²) in [5.74, 6) is 2.07. The summed E-state index contributed by atoms with van der Waals surface area (Å²) in [4.78, 5) is 37.6. The lowest BCUT2D eigenvalue weighted by Crippen LogP contribution is -2.34. The fraction of sp³-hybridized carbons (Fsp3) is 0.350. The van der Waals surface area contributed by atoms with Crippen LogP contribution in [-0.4, -0.2) is 48.9 Å². The minimum atomic E-state index is -0.610. The van der Waals surface area contributed by atoms with E-state index in [9.17, 15) is 14.4 Å². The number of hydrogen-bond donors (Lipinski definition) is 0. The molecule has 1 heterocycles. The average molecular weight is 482 g/mol. The summed E-state index contributed by atoms with van der Waals surface area (Å²) < 4.78 is 16.4. The maximum atomic E-state index is 12.6. The summed E-state index contributed by atoms with van der Waals surface area (Å²) in [5.41, 5.74) is 0.609. The molecule has 9 heteroatoms. The number of terminal acetylenes is 1. The number of nitrogens with zero attached hydrogens (tertiary/aromatic N) is 1. The number of esters is 1. The normalized spacial score (nSPS) is 14.8. The van der Waals surface area contributed by atoms with Gasteiger partial charge in [-0.25, -0.2) is 0 Å². The second kappa shape index (κ2) is 10.9. The van der Waals surface area contributed by atoms with Gasteiger partial charge in [0.25, 0.3) is 11.1 Å². The third kappa shape index (κ3) is 6.02. The molecule has 0 spiro atoms. The molecule has 0 radical (unpaired) electrons. The molecule has 1 aliphatic rings. The highest BCUT2D eigenvalue weighted by Gasteiger charge is 2.36.